The average molecular weight is 271 g/mol. The first kappa shape index (κ1) is 13.3. The molecular formula is C13H14Ru. The van der Waals surface area contributed by atoms with E-state index in [1.165, 1.54) is 5.57 Å². The molecule has 0 nitrogen and oxygen atoms in total. The van der Waals surface area contributed by atoms with E-state index in [1.54, 1.807) is 0 Å². The van der Waals surface area contributed by atoms with Gasteiger partial charge in [-0.25, -0.2) is 23.8 Å². The molecule has 0 unspecified atom stereocenters. The molecule has 2 aliphatic rings. The summed E-state index contributed by atoms with van der Waals surface area (Å²) in [5.41, 5.74) is 1.28. The number of rotatable bonds is 2. The summed E-state index contributed by atoms with van der Waals surface area (Å²) in [6.07, 6.45) is 21.3. The Morgan fingerprint density at radius 2 is 2.21 bits per heavy atom. The summed E-state index contributed by atoms with van der Waals surface area (Å²) in [6.45, 7) is 3.63. The van der Waals surface area contributed by atoms with Crippen molar-refractivity contribution in [2.24, 2.45) is 0 Å². The third-order valence-electron chi connectivity index (χ3n) is 1.72. The molecule has 0 atom stereocenters. The third-order valence-corrected chi connectivity index (χ3v) is 1.72. The minimum absolute atomic E-state index is 0. The zero-order valence-corrected chi connectivity index (χ0v) is 9.88. The van der Waals surface area contributed by atoms with Crippen molar-refractivity contribution < 1.29 is 19.5 Å². The molecule has 0 saturated carbocycles. The number of hydrogen-bond donors (Lipinski definition) is 0. The molecule has 0 bridgehead atoms. The minimum atomic E-state index is 0. The second kappa shape index (κ2) is 8.90. The predicted molar refractivity (Wildman–Crippen MR) is 56.9 cm³/mol. The van der Waals surface area contributed by atoms with E-state index in [2.05, 4.69) is 37.0 Å². The molecule has 0 saturated heterocycles. The Labute approximate surface area is 99.5 Å². The zero-order chi connectivity index (χ0) is 9.36. The molecule has 0 fully saturated rings. The second-order valence-electron chi connectivity index (χ2n) is 2.80. The van der Waals surface area contributed by atoms with Gasteiger partial charge in [-0.1, -0.05) is 6.08 Å². The largest absolute Gasteiger partial charge is 2.00 e. The standard InChI is InChI=1S/C8H9.C5H5.Ru/c1-2-5-8-6-3-4-7-8;1-2-4-5-3-1;/h2-3,6H,1,4-5H2;1-3H,4H2;/q2*-1;+2. The average Bonchev–Trinajstić information content (AvgIpc) is 2.79. The molecular weight excluding hydrogens is 257 g/mol. The molecule has 1 heteroatoms. The van der Waals surface area contributed by atoms with Gasteiger partial charge in [-0.3, -0.25) is 12.2 Å². The van der Waals surface area contributed by atoms with Gasteiger partial charge in [0.2, 0.25) is 0 Å². The van der Waals surface area contributed by atoms with E-state index in [1.807, 2.05) is 18.2 Å². The van der Waals surface area contributed by atoms with Crippen LogP contribution < -0.4 is 0 Å². The molecule has 0 aromatic carbocycles. The van der Waals surface area contributed by atoms with Gasteiger partial charge in [0.25, 0.3) is 0 Å². The van der Waals surface area contributed by atoms with Gasteiger partial charge >= 0.3 is 19.5 Å². The zero-order valence-electron chi connectivity index (χ0n) is 8.15. The first-order valence-corrected chi connectivity index (χ1v) is 4.52. The van der Waals surface area contributed by atoms with Crippen LogP contribution in [0.1, 0.15) is 19.3 Å². The van der Waals surface area contributed by atoms with Gasteiger partial charge in [-0.2, -0.15) is 12.2 Å². The van der Waals surface area contributed by atoms with Crippen molar-refractivity contribution in [3.63, 3.8) is 0 Å². The van der Waals surface area contributed by atoms with Crippen LogP contribution in [0.25, 0.3) is 0 Å². The van der Waals surface area contributed by atoms with Crippen LogP contribution in [0.3, 0.4) is 0 Å². The van der Waals surface area contributed by atoms with E-state index < -0.39 is 0 Å². The van der Waals surface area contributed by atoms with Crippen LogP contribution in [0.5, 0.6) is 0 Å². The van der Waals surface area contributed by atoms with E-state index in [-0.39, 0.29) is 19.5 Å². The monoisotopic (exact) mass is 272 g/mol. The van der Waals surface area contributed by atoms with Crippen LogP contribution in [0, 0.1) is 12.2 Å². The van der Waals surface area contributed by atoms with Crippen LogP contribution >= 0.6 is 0 Å². The van der Waals surface area contributed by atoms with E-state index in [4.69, 9.17) is 0 Å². The van der Waals surface area contributed by atoms with Gasteiger partial charge in [0.1, 0.15) is 0 Å². The van der Waals surface area contributed by atoms with Gasteiger partial charge in [0, 0.05) is 0 Å². The first-order valence-electron chi connectivity index (χ1n) is 4.52. The fourth-order valence-electron chi connectivity index (χ4n) is 1.09. The quantitative estimate of drug-likeness (QED) is 0.409. The van der Waals surface area contributed by atoms with E-state index >= 15 is 0 Å². The summed E-state index contributed by atoms with van der Waals surface area (Å²) in [7, 11) is 0. The van der Waals surface area contributed by atoms with Gasteiger partial charge in [0.05, 0.1) is 0 Å². The van der Waals surface area contributed by atoms with Crippen LogP contribution in [-0.4, -0.2) is 0 Å². The van der Waals surface area contributed by atoms with Crippen LogP contribution in [0.2, 0.25) is 0 Å². The van der Waals surface area contributed by atoms with Crippen LogP contribution in [-0.2, 0) is 19.5 Å². The molecule has 0 aliphatic heterocycles. The Balaban J connectivity index is 0.000000246. The van der Waals surface area contributed by atoms with E-state index in [0.717, 1.165) is 19.3 Å². The Hall–Kier alpha value is -0.677. The maximum absolute atomic E-state index is 3.63. The molecule has 0 radical (unpaired) electrons. The van der Waals surface area contributed by atoms with Crippen LogP contribution in [0.15, 0.2) is 48.6 Å². The van der Waals surface area contributed by atoms with Gasteiger partial charge in [-0.15, -0.1) is 19.4 Å². The maximum Gasteiger partial charge on any atom is 2.00 e. The van der Waals surface area contributed by atoms with Crippen molar-refractivity contribution in [3.05, 3.63) is 60.8 Å². The molecule has 0 amide bonds. The van der Waals surface area contributed by atoms with Crippen molar-refractivity contribution in [2.75, 3.05) is 0 Å². The summed E-state index contributed by atoms with van der Waals surface area (Å²) in [4.78, 5) is 0. The summed E-state index contributed by atoms with van der Waals surface area (Å²) in [5.74, 6) is 0. The Morgan fingerprint density at radius 1 is 1.36 bits per heavy atom. The SMILES string of the molecule is C=CCC1=[C-]CC=C1.[C-]1=CC=CC1.[Ru+2]. The van der Waals surface area contributed by atoms with Crippen molar-refractivity contribution in [2.45, 2.75) is 19.3 Å². The van der Waals surface area contributed by atoms with Gasteiger partial charge in [-0.05, 0) is 6.42 Å². The Kier molecular flexibility index (Phi) is 8.47. The fraction of sp³-hybridized carbons (Fsp3) is 0.231. The molecule has 74 valence electrons. The van der Waals surface area contributed by atoms with E-state index in [0.29, 0.717) is 0 Å². The summed E-state index contributed by atoms with van der Waals surface area (Å²) in [6, 6.07) is 0. The third kappa shape index (κ3) is 5.88. The molecule has 0 N–H and O–H groups in total. The molecule has 0 aromatic rings. The summed E-state index contributed by atoms with van der Waals surface area (Å²) < 4.78 is 0. The summed E-state index contributed by atoms with van der Waals surface area (Å²) >= 11 is 0. The summed E-state index contributed by atoms with van der Waals surface area (Å²) in [5, 5.41) is 0. The minimum Gasteiger partial charge on any atom is -0.273 e. The normalized spacial score (nSPS) is 15.6. The van der Waals surface area contributed by atoms with Crippen molar-refractivity contribution in [1.82, 2.24) is 0 Å². The molecule has 0 spiro atoms. The van der Waals surface area contributed by atoms with E-state index in [9.17, 15) is 0 Å². The molecule has 14 heavy (non-hydrogen) atoms. The van der Waals surface area contributed by atoms with Crippen molar-refractivity contribution in [3.8, 4) is 0 Å². The van der Waals surface area contributed by atoms with Crippen molar-refractivity contribution in [1.29, 1.82) is 0 Å². The first-order chi connectivity index (χ1) is 6.43. The Morgan fingerprint density at radius 3 is 2.57 bits per heavy atom. The predicted octanol–water partition coefficient (Wildman–Crippen LogP) is 3.56. The fourth-order valence-corrected chi connectivity index (χ4v) is 1.09. The Bertz CT molecular complexity index is 257. The number of allylic oxidation sites excluding steroid dienone is 9. The van der Waals surface area contributed by atoms with Gasteiger partial charge < -0.3 is 0 Å². The van der Waals surface area contributed by atoms with Gasteiger partial charge in [0.15, 0.2) is 0 Å². The van der Waals surface area contributed by atoms with Crippen LogP contribution in [0.4, 0.5) is 0 Å². The molecule has 0 aromatic heterocycles. The topological polar surface area (TPSA) is 0 Å². The molecule has 2 aliphatic carbocycles. The maximum atomic E-state index is 3.63. The molecule has 0 heterocycles. The molecule has 2 rings (SSSR count). The smallest absolute Gasteiger partial charge is 0.273 e. The number of hydrogen-bond acceptors (Lipinski definition) is 0. The second-order valence-corrected chi connectivity index (χ2v) is 2.80. The van der Waals surface area contributed by atoms with Crippen molar-refractivity contribution >= 4 is 0 Å².